The van der Waals surface area contributed by atoms with Gasteiger partial charge < -0.3 is 33.8 Å². The molecule has 3 N–H and O–H groups in total. The molecule has 0 aromatic heterocycles. The van der Waals surface area contributed by atoms with E-state index in [4.69, 9.17) is 37.0 Å². The predicted octanol–water partition coefficient (Wildman–Crippen LogP) is 19.4. The van der Waals surface area contributed by atoms with Crippen LogP contribution in [0.4, 0.5) is 0 Å². The summed E-state index contributed by atoms with van der Waals surface area (Å²) in [5.41, 5.74) is 0. The van der Waals surface area contributed by atoms with E-state index in [0.717, 1.165) is 102 Å². The molecule has 87 heavy (non-hydrogen) atoms. The lowest BCUT2D eigenvalue weighted by atomic mass is 10.00. The Labute approximate surface area is 530 Å². The molecule has 3 unspecified atom stereocenters. The fourth-order valence-electron chi connectivity index (χ4n) is 10.3. The van der Waals surface area contributed by atoms with Crippen LogP contribution in [0, 0.1) is 5.92 Å². The smallest absolute Gasteiger partial charge is 0.462 e. The highest BCUT2D eigenvalue weighted by atomic mass is 31.2. The van der Waals surface area contributed by atoms with E-state index in [-0.39, 0.29) is 25.7 Å². The number of ether oxygens (including phenoxy) is 4. The molecule has 0 bridgehead atoms. The molecule has 0 saturated carbocycles. The molecular weight excluding hydrogens is 1150 g/mol. The van der Waals surface area contributed by atoms with Gasteiger partial charge in [-0.15, -0.1) is 0 Å². The summed E-state index contributed by atoms with van der Waals surface area (Å²) in [5, 5.41) is 10.6. The summed E-state index contributed by atoms with van der Waals surface area (Å²) in [7, 11) is -9.89. The van der Waals surface area contributed by atoms with Gasteiger partial charge in [0.15, 0.2) is 12.2 Å². The van der Waals surface area contributed by atoms with E-state index in [9.17, 15) is 43.2 Å². The number of aliphatic hydroxyl groups is 1. The second-order valence-electron chi connectivity index (χ2n) is 24.8. The van der Waals surface area contributed by atoms with Crippen LogP contribution in [0.2, 0.25) is 0 Å². The predicted molar refractivity (Wildman–Crippen MR) is 349 cm³/mol. The summed E-state index contributed by atoms with van der Waals surface area (Å²) < 4.78 is 68.1. The highest BCUT2D eigenvalue weighted by molar-refractivity contribution is 7.47. The highest BCUT2D eigenvalue weighted by Crippen LogP contribution is 2.45. The van der Waals surface area contributed by atoms with E-state index in [1.807, 2.05) is 0 Å². The van der Waals surface area contributed by atoms with Crippen molar-refractivity contribution >= 4 is 39.5 Å². The zero-order chi connectivity index (χ0) is 64.2. The van der Waals surface area contributed by atoms with Crippen molar-refractivity contribution in [3.05, 3.63) is 0 Å². The van der Waals surface area contributed by atoms with Crippen molar-refractivity contribution in [2.24, 2.45) is 5.92 Å². The fourth-order valence-corrected chi connectivity index (χ4v) is 11.8. The van der Waals surface area contributed by atoms with Gasteiger partial charge in [-0.05, 0) is 31.6 Å². The van der Waals surface area contributed by atoms with Gasteiger partial charge in [-0.2, -0.15) is 0 Å². The normalized spacial score (nSPS) is 14.4. The maximum absolute atomic E-state index is 13.0. The Balaban J connectivity index is 5.21. The Hall–Kier alpha value is -1.94. The third-order valence-electron chi connectivity index (χ3n) is 16.1. The first kappa shape index (κ1) is 85.1. The minimum absolute atomic E-state index is 0.103. The molecule has 0 aromatic rings. The number of phosphoric ester groups is 2. The van der Waals surface area contributed by atoms with Gasteiger partial charge in [-0.3, -0.25) is 37.3 Å². The van der Waals surface area contributed by atoms with Crippen LogP contribution < -0.4 is 0 Å². The molecule has 17 nitrogen and oxygen atoms in total. The SMILES string of the molecule is CCCCCCCCCCCCCCCCCCCC(=O)O[C@H](COC(=O)CCCCCCCCCCCCCC)COP(=O)(O)OC[C@@H](O)COP(=O)(O)OC[C@@H](COC(=O)CCCCCCCCCC)OC(=O)CCCCCCCCC(C)CC. The maximum atomic E-state index is 13.0. The molecule has 0 radical (unpaired) electrons. The summed E-state index contributed by atoms with van der Waals surface area (Å²) in [6, 6.07) is 0. The van der Waals surface area contributed by atoms with E-state index in [1.54, 1.807) is 0 Å². The van der Waals surface area contributed by atoms with Crippen molar-refractivity contribution in [1.82, 2.24) is 0 Å². The van der Waals surface area contributed by atoms with Gasteiger partial charge in [0.05, 0.1) is 26.4 Å². The summed E-state index contributed by atoms with van der Waals surface area (Å²) in [6.07, 6.45) is 47.3. The first-order valence-corrected chi connectivity index (χ1v) is 38.7. The van der Waals surface area contributed by atoms with Crippen LogP contribution in [0.5, 0.6) is 0 Å². The van der Waals surface area contributed by atoms with Crippen LogP contribution in [0.3, 0.4) is 0 Å². The average molecular weight is 1280 g/mol. The largest absolute Gasteiger partial charge is 0.472 e. The van der Waals surface area contributed by atoms with E-state index in [1.165, 1.54) is 167 Å². The number of phosphoric acid groups is 2. The highest BCUT2D eigenvalue weighted by Gasteiger charge is 2.30. The monoisotopic (exact) mass is 1280 g/mol. The third-order valence-corrected chi connectivity index (χ3v) is 18.0. The van der Waals surface area contributed by atoms with Crippen LogP contribution in [0.1, 0.15) is 349 Å². The summed E-state index contributed by atoms with van der Waals surface area (Å²) in [6.45, 7) is 7.16. The zero-order valence-corrected chi connectivity index (χ0v) is 57.9. The van der Waals surface area contributed by atoms with Crippen LogP contribution in [0.15, 0.2) is 0 Å². The molecule has 0 fully saturated rings. The van der Waals surface area contributed by atoms with Crippen LogP contribution in [0.25, 0.3) is 0 Å². The topological polar surface area (TPSA) is 237 Å². The Morgan fingerprint density at radius 2 is 0.552 bits per heavy atom. The van der Waals surface area contributed by atoms with Gasteiger partial charge in [0, 0.05) is 25.7 Å². The lowest BCUT2D eigenvalue weighted by molar-refractivity contribution is -0.161. The number of hydrogen-bond donors (Lipinski definition) is 3. The summed E-state index contributed by atoms with van der Waals surface area (Å²) >= 11 is 0. The standard InChI is InChI=1S/C68H132O17P2/c1-6-10-13-16-19-22-24-26-27-28-29-30-32-34-37-43-48-53-67(72)84-63(57-79-66(71)52-47-42-36-33-31-25-23-20-17-14-11-7-2)59-82-86(74,75)80-55-62(69)56-81-87(76,77)83-60-64(58-78-65(70)51-46-41-35-21-18-15-12-8-3)85-68(73)54-49-44-39-38-40-45-50-61(5)9-4/h61-64,69H,6-60H2,1-5H3,(H,74,75)(H,76,77)/t61?,62-,63-,64-/m1/s1. The average Bonchev–Trinajstić information content (AvgIpc) is 3.51. The Kier molecular flexibility index (Phi) is 60.2. The van der Waals surface area contributed by atoms with Crippen LogP contribution in [-0.4, -0.2) is 96.7 Å². The molecular formula is C68H132O17P2. The number of esters is 4. The molecule has 0 aliphatic rings. The summed E-state index contributed by atoms with van der Waals surface area (Å²) in [4.78, 5) is 72.3. The number of carbonyl (C=O) groups is 4. The first-order chi connectivity index (χ1) is 42.1. The van der Waals surface area contributed by atoms with Crippen molar-refractivity contribution in [3.8, 4) is 0 Å². The van der Waals surface area contributed by atoms with Crippen LogP contribution >= 0.6 is 15.6 Å². The molecule has 0 amide bonds. The maximum Gasteiger partial charge on any atom is 0.472 e. The number of hydrogen-bond acceptors (Lipinski definition) is 15. The fraction of sp³-hybridized carbons (Fsp3) is 0.941. The number of rotatable bonds is 68. The van der Waals surface area contributed by atoms with Crippen molar-refractivity contribution < 1.29 is 80.2 Å². The van der Waals surface area contributed by atoms with Gasteiger partial charge in [0.2, 0.25) is 0 Å². The second-order valence-corrected chi connectivity index (χ2v) is 27.7. The molecule has 0 aromatic carbocycles. The summed E-state index contributed by atoms with van der Waals surface area (Å²) in [5.74, 6) is -1.41. The molecule has 516 valence electrons. The quantitative estimate of drug-likeness (QED) is 0.0222. The number of unbranched alkanes of at least 4 members (excludes halogenated alkanes) is 39. The molecule has 0 aliphatic carbocycles. The minimum Gasteiger partial charge on any atom is -0.462 e. The molecule has 0 heterocycles. The second kappa shape index (κ2) is 61.6. The lowest BCUT2D eigenvalue weighted by Gasteiger charge is -2.21. The van der Waals surface area contributed by atoms with E-state index < -0.39 is 97.5 Å². The molecule has 0 spiro atoms. The van der Waals surface area contributed by atoms with E-state index in [2.05, 4.69) is 34.6 Å². The minimum atomic E-state index is -4.95. The van der Waals surface area contributed by atoms with E-state index >= 15 is 0 Å². The van der Waals surface area contributed by atoms with Gasteiger partial charge in [0.1, 0.15) is 19.3 Å². The van der Waals surface area contributed by atoms with Gasteiger partial charge >= 0.3 is 39.5 Å². The first-order valence-electron chi connectivity index (χ1n) is 35.7. The third kappa shape index (κ3) is 61.3. The Morgan fingerprint density at radius 3 is 0.816 bits per heavy atom. The van der Waals surface area contributed by atoms with Crippen molar-refractivity contribution in [3.63, 3.8) is 0 Å². The van der Waals surface area contributed by atoms with Crippen molar-refractivity contribution in [2.45, 2.75) is 368 Å². The van der Waals surface area contributed by atoms with Gasteiger partial charge in [-0.25, -0.2) is 9.13 Å². The van der Waals surface area contributed by atoms with Crippen LogP contribution in [-0.2, 0) is 65.4 Å². The van der Waals surface area contributed by atoms with Crippen molar-refractivity contribution in [2.75, 3.05) is 39.6 Å². The zero-order valence-electron chi connectivity index (χ0n) is 56.2. The number of carbonyl (C=O) groups excluding carboxylic acids is 4. The molecule has 19 heteroatoms. The molecule has 0 saturated heterocycles. The molecule has 0 aliphatic heterocycles. The number of aliphatic hydroxyl groups excluding tert-OH is 1. The van der Waals surface area contributed by atoms with Gasteiger partial charge in [-0.1, -0.05) is 298 Å². The molecule has 0 rings (SSSR count). The van der Waals surface area contributed by atoms with E-state index in [0.29, 0.717) is 25.7 Å². The van der Waals surface area contributed by atoms with Crippen molar-refractivity contribution in [1.29, 1.82) is 0 Å². The van der Waals surface area contributed by atoms with Gasteiger partial charge in [0.25, 0.3) is 0 Å². The Morgan fingerprint density at radius 1 is 0.322 bits per heavy atom. The molecule has 6 atom stereocenters. The lowest BCUT2D eigenvalue weighted by Crippen LogP contribution is -2.30. The Bertz CT molecular complexity index is 1690.